The highest BCUT2D eigenvalue weighted by molar-refractivity contribution is 5.99. The molecule has 0 aromatic rings. The number of fused-ring (bicyclic) bond motifs is 2. The van der Waals surface area contributed by atoms with Gasteiger partial charge < -0.3 is 29.1 Å². The van der Waals surface area contributed by atoms with Crippen molar-refractivity contribution < 1.29 is 33.7 Å². The zero-order valence-corrected chi connectivity index (χ0v) is 21.8. The summed E-state index contributed by atoms with van der Waals surface area (Å²) in [6.07, 6.45) is 9.55. The summed E-state index contributed by atoms with van der Waals surface area (Å²) in [6.45, 7) is 8.21. The van der Waals surface area contributed by atoms with Gasteiger partial charge in [-0.2, -0.15) is 0 Å². The van der Waals surface area contributed by atoms with E-state index in [-0.39, 0.29) is 25.0 Å². The van der Waals surface area contributed by atoms with Gasteiger partial charge in [-0.1, -0.05) is 31.2 Å². The fraction of sp³-hybridized carbons (Fsp3) is 0.741. The maximum atomic E-state index is 14.2. The van der Waals surface area contributed by atoms with E-state index in [1.807, 2.05) is 31.2 Å². The molecule has 5 aliphatic heterocycles. The number of amides is 2. The summed E-state index contributed by atoms with van der Waals surface area (Å²) in [7, 11) is 0. The van der Waals surface area contributed by atoms with Gasteiger partial charge in [-0.05, 0) is 26.2 Å². The molecule has 10 heteroatoms. The lowest BCUT2D eigenvalue weighted by molar-refractivity contribution is -0.162. The molecule has 0 aromatic carbocycles. The van der Waals surface area contributed by atoms with Crippen LogP contribution < -0.4 is 0 Å². The molecule has 204 valence electrons. The van der Waals surface area contributed by atoms with Crippen LogP contribution in [0.5, 0.6) is 0 Å². The second kappa shape index (κ2) is 10.5. The molecule has 10 nitrogen and oxygen atoms in total. The molecular formula is C27H39N3O7. The van der Waals surface area contributed by atoms with E-state index in [0.29, 0.717) is 45.7 Å². The summed E-state index contributed by atoms with van der Waals surface area (Å²) in [5.74, 6) is -2.82. The first-order chi connectivity index (χ1) is 17.9. The number of rotatable bonds is 6. The monoisotopic (exact) mass is 517 g/mol. The van der Waals surface area contributed by atoms with E-state index < -0.39 is 41.1 Å². The van der Waals surface area contributed by atoms with Gasteiger partial charge >= 0.3 is 5.97 Å². The minimum atomic E-state index is -1.32. The second-order valence-corrected chi connectivity index (χ2v) is 10.8. The Hall–Kier alpha value is -2.27. The first-order valence-corrected chi connectivity index (χ1v) is 13.6. The van der Waals surface area contributed by atoms with E-state index in [1.165, 1.54) is 4.90 Å². The summed E-state index contributed by atoms with van der Waals surface area (Å²) in [5, 5.41) is 10.1. The molecule has 0 saturated carbocycles. The third-order valence-electron chi connectivity index (χ3n) is 8.68. The Labute approximate surface area is 218 Å². The Morgan fingerprint density at radius 2 is 1.84 bits per heavy atom. The summed E-state index contributed by atoms with van der Waals surface area (Å²) in [6, 6.07) is -1.59. The third-order valence-corrected chi connectivity index (χ3v) is 8.68. The standard InChI is InChI=1S/C27H39N3O7/c1-3-26-8-5-4-6-15-36-25(34)21(26)20-23(32)30(19(2)18-31)22-24(33)29(10-7-9-27(20,22)37-26)12-11-28-13-16-35-17-14-28/h5,7-9,19-22,31H,3-4,6,10-18H2,1-2H3/b8-5-/t19-,20+,21-,22?,26+,27+/m1/s1. The molecule has 6 atom stereocenters. The van der Waals surface area contributed by atoms with Gasteiger partial charge in [-0.3, -0.25) is 19.3 Å². The number of carbonyl (C=O) groups is 3. The summed E-state index contributed by atoms with van der Waals surface area (Å²) >= 11 is 0. The van der Waals surface area contributed by atoms with E-state index >= 15 is 0 Å². The lowest BCUT2D eigenvalue weighted by Crippen LogP contribution is -2.59. The first-order valence-electron chi connectivity index (χ1n) is 13.6. The smallest absolute Gasteiger partial charge is 0.313 e. The number of esters is 1. The maximum absolute atomic E-state index is 14.2. The number of hydrogen-bond acceptors (Lipinski definition) is 8. The molecule has 5 aliphatic rings. The van der Waals surface area contributed by atoms with E-state index in [0.717, 1.165) is 19.5 Å². The maximum Gasteiger partial charge on any atom is 0.313 e. The summed E-state index contributed by atoms with van der Waals surface area (Å²) in [5.41, 5.74) is -2.38. The van der Waals surface area contributed by atoms with Crippen molar-refractivity contribution in [1.82, 2.24) is 14.7 Å². The van der Waals surface area contributed by atoms with Crippen LogP contribution in [0.25, 0.3) is 0 Å². The molecule has 2 amide bonds. The number of hydrogen-bond donors (Lipinski definition) is 1. The van der Waals surface area contributed by atoms with Crippen molar-refractivity contribution in [3.63, 3.8) is 0 Å². The summed E-state index contributed by atoms with van der Waals surface area (Å²) < 4.78 is 17.9. The number of allylic oxidation sites excluding steroid dienone is 1. The molecule has 5 heterocycles. The number of aliphatic hydroxyl groups is 1. The van der Waals surface area contributed by atoms with Crippen LogP contribution >= 0.6 is 0 Å². The van der Waals surface area contributed by atoms with Crippen LogP contribution in [-0.2, 0) is 28.6 Å². The van der Waals surface area contributed by atoms with Crippen LogP contribution in [0.3, 0.4) is 0 Å². The number of nitrogens with zero attached hydrogens (tertiary/aromatic N) is 3. The molecule has 0 bridgehead atoms. The fourth-order valence-corrected chi connectivity index (χ4v) is 6.71. The van der Waals surface area contributed by atoms with Gasteiger partial charge in [-0.25, -0.2) is 0 Å². The van der Waals surface area contributed by atoms with Crippen LogP contribution in [0.1, 0.15) is 33.1 Å². The van der Waals surface area contributed by atoms with Crippen molar-refractivity contribution in [2.24, 2.45) is 11.8 Å². The van der Waals surface area contributed by atoms with E-state index in [2.05, 4.69) is 4.90 Å². The van der Waals surface area contributed by atoms with Crippen molar-refractivity contribution >= 4 is 17.8 Å². The van der Waals surface area contributed by atoms with Crippen LogP contribution in [0.4, 0.5) is 0 Å². The molecule has 3 saturated heterocycles. The number of aliphatic hydroxyl groups excluding tert-OH is 1. The predicted octanol–water partition coefficient (Wildman–Crippen LogP) is 0.352. The number of carbonyl (C=O) groups excluding carboxylic acids is 3. The normalized spacial score (nSPS) is 38.1. The number of likely N-dealkylation sites (tertiary alicyclic amines) is 1. The van der Waals surface area contributed by atoms with Gasteiger partial charge in [0.2, 0.25) is 11.8 Å². The molecule has 37 heavy (non-hydrogen) atoms. The van der Waals surface area contributed by atoms with Gasteiger partial charge in [0.25, 0.3) is 0 Å². The lowest BCUT2D eigenvalue weighted by atomic mass is 9.73. The van der Waals surface area contributed by atoms with E-state index in [4.69, 9.17) is 14.2 Å². The topological polar surface area (TPSA) is 109 Å². The van der Waals surface area contributed by atoms with E-state index in [9.17, 15) is 19.5 Å². The van der Waals surface area contributed by atoms with E-state index in [1.54, 1.807) is 11.8 Å². The van der Waals surface area contributed by atoms with Crippen molar-refractivity contribution in [3.8, 4) is 0 Å². The highest BCUT2D eigenvalue weighted by Crippen LogP contribution is 2.58. The van der Waals surface area contributed by atoms with Crippen LogP contribution in [0, 0.1) is 11.8 Å². The Balaban J connectivity index is 1.54. The molecule has 1 N–H and O–H groups in total. The minimum Gasteiger partial charge on any atom is -0.465 e. The highest BCUT2D eigenvalue weighted by atomic mass is 16.6. The molecule has 1 unspecified atom stereocenters. The first kappa shape index (κ1) is 26.3. The zero-order valence-electron chi connectivity index (χ0n) is 21.8. The number of cyclic esters (lactones) is 1. The molecule has 1 spiro atoms. The highest BCUT2D eigenvalue weighted by Gasteiger charge is 2.75. The largest absolute Gasteiger partial charge is 0.465 e. The Kier molecular flexibility index (Phi) is 7.46. The van der Waals surface area contributed by atoms with Gasteiger partial charge in [-0.15, -0.1) is 0 Å². The lowest BCUT2D eigenvalue weighted by Gasteiger charge is -2.40. The zero-order chi connectivity index (χ0) is 26.2. The SMILES string of the molecule is CC[C@]12/C=C\CCCOC(=O)[C@H]1[C@H]1C(=O)N([C@H](C)CO)C3C(=O)N(CCN4CCOCC4)CC=C[C@@]31O2. The Morgan fingerprint density at radius 3 is 2.57 bits per heavy atom. The van der Waals surface area contributed by atoms with Gasteiger partial charge in [0.1, 0.15) is 23.2 Å². The average Bonchev–Trinajstić information content (AvgIpc) is 3.30. The Morgan fingerprint density at radius 1 is 1.05 bits per heavy atom. The average molecular weight is 518 g/mol. The number of morpholine rings is 1. The minimum absolute atomic E-state index is 0.218. The quantitative estimate of drug-likeness (QED) is 0.397. The van der Waals surface area contributed by atoms with Crippen molar-refractivity contribution in [2.45, 2.75) is 56.4 Å². The van der Waals surface area contributed by atoms with Gasteiger partial charge in [0, 0.05) is 32.7 Å². The third kappa shape index (κ3) is 4.31. The van der Waals surface area contributed by atoms with Crippen molar-refractivity contribution in [3.05, 3.63) is 24.3 Å². The Bertz CT molecular complexity index is 964. The summed E-state index contributed by atoms with van der Waals surface area (Å²) in [4.78, 5) is 47.4. The van der Waals surface area contributed by atoms with Gasteiger partial charge in [0.05, 0.1) is 38.4 Å². The van der Waals surface area contributed by atoms with Crippen LogP contribution in [-0.4, -0.2) is 120 Å². The fourth-order valence-electron chi connectivity index (χ4n) is 6.71. The predicted molar refractivity (Wildman–Crippen MR) is 133 cm³/mol. The number of ether oxygens (including phenoxy) is 3. The molecular weight excluding hydrogens is 478 g/mol. The van der Waals surface area contributed by atoms with Gasteiger partial charge in [0.15, 0.2) is 0 Å². The van der Waals surface area contributed by atoms with Crippen molar-refractivity contribution in [2.75, 3.05) is 59.2 Å². The molecule has 5 rings (SSSR count). The van der Waals surface area contributed by atoms with Crippen LogP contribution in [0.15, 0.2) is 24.3 Å². The molecule has 0 radical (unpaired) electrons. The second-order valence-electron chi connectivity index (χ2n) is 10.8. The van der Waals surface area contributed by atoms with Crippen molar-refractivity contribution in [1.29, 1.82) is 0 Å². The molecule has 0 aliphatic carbocycles. The molecule has 0 aromatic heterocycles. The molecule has 3 fully saturated rings. The van der Waals surface area contributed by atoms with Crippen LogP contribution in [0.2, 0.25) is 0 Å².